The first-order valence-electron chi connectivity index (χ1n) is 6.09. The first-order chi connectivity index (χ1) is 9.41. The number of nitrogens with zero attached hydrogens (tertiary/aromatic N) is 3. The first-order valence-corrected chi connectivity index (χ1v) is 8.82. The Balaban J connectivity index is 1.97. The SMILES string of the molecule is COCc1nc(C(=O)N2CCN(S(C)(=O)=O)CC2)cs1. The molecule has 0 spiro atoms. The lowest BCUT2D eigenvalue weighted by molar-refractivity contribution is 0.0692. The van der Waals surface area contributed by atoms with Crippen LogP contribution < -0.4 is 0 Å². The molecular formula is C11H17N3O4S2. The Morgan fingerprint density at radius 1 is 1.40 bits per heavy atom. The third-order valence-corrected chi connectivity index (χ3v) is 5.16. The molecule has 20 heavy (non-hydrogen) atoms. The van der Waals surface area contributed by atoms with E-state index < -0.39 is 10.0 Å². The van der Waals surface area contributed by atoms with Crippen LogP contribution in [0.4, 0.5) is 0 Å². The van der Waals surface area contributed by atoms with Crippen LogP contribution in [0, 0.1) is 0 Å². The molecule has 9 heteroatoms. The van der Waals surface area contributed by atoms with Gasteiger partial charge < -0.3 is 9.64 Å². The van der Waals surface area contributed by atoms with Gasteiger partial charge in [0.1, 0.15) is 10.7 Å². The van der Waals surface area contributed by atoms with E-state index in [2.05, 4.69) is 4.98 Å². The summed E-state index contributed by atoms with van der Waals surface area (Å²) in [5.74, 6) is -0.156. The lowest BCUT2D eigenvalue weighted by Crippen LogP contribution is -2.50. The minimum absolute atomic E-state index is 0.156. The van der Waals surface area contributed by atoms with E-state index in [0.717, 1.165) is 5.01 Å². The summed E-state index contributed by atoms with van der Waals surface area (Å²) in [7, 11) is -1.60. The van der Waals surface area contributed by atoms with Gasteiger partial charge in [-0.3, -0.25) is 4.79 Å². The second-order valence-electron chi connectivity index (χ2n) is 4.51. The number of methoxy groups -OCH3 is 1. The van der Waals surface area contributed by atoms with E-state index >= 15 is 0 Å². The molecular weight excluding hydrogens is 302 g/mol. The number of hydrogen-bond acceptors (Lipinski definition) is 6. The molecule has 0 radical (unpaired) electrons. The molecule has 112 valence electrons. The highest BCUT2D eigenvalue weighted by atomic mass is 32.2. The minimum Gasteiger partial charge on any atom is -0.378 e. The van der Waals surface area contributed by atoms with Gasteiger partial charge in [-0.1, -0.05) is 0 Å². The Labute approximate surface area is 122 Å². The number of ether oxygens (including phenoxy) is 1. The predicted molar refractivity (Wildman–Crippen MR) is 75.1 cm³/mol. The van der Waals surface area contributed by atoms with Gasteiger partial charge >= 0.3 is 0 Å². The molecule has 1 fully saturated rings. The van der Waals surface area contributed by atoms with Gasteiger partial charge in [0.15, 0.2) is 0 Å². The number of piperazine rings is 1. The number of amides is 1. The number of sulfonamides is 1. The minimum atomic E-state index is -3.18. The molecule has 1 aliphatic rings. The van der Waals surface area contributed by atoms with Crippen molar-refractivity contribution in [3.63, 3.8) is 0 Å². The molecule has 0 aliphatic carbocycles. The molecule has 0 aromatic carbocycles. The van der Waals surface area contributed by atoms with Crippen molar-refractivity contribution in [3.8, 4) is 0 Å². The second-order valence-corrected chi connectivity index (χ2v) is 7.44. The average Bonchev–Trinajstić information content (AvgIpc) is 2.86. The molecule has 0 N–H and O–H groups in total. The molecule has 0 atom stereocenters. The van der Waals surface area contributed by atoms with Crippen molar-refractivity contribution in [2.75, 3.05) is 39.5 Å². The van der Waals surface area contributed by atoms with Crippen LogP contribution in [0.5, 0.6) is 0 Å². The highest BCUT2D eigenvalue weighted by Gasteiger charge is 2.27. The van der Waals surface area contributed by atoms with Crippen molar-refractivity contribution in [2.45, 2.75) is 6.61 Å². The highest BCUT2D eigenvalue weighted by molar-refractivity contribution is 7.88. The molecule has 0 bridgehead atoms. The lowest BCUT2D eigenvalue weighted by Gasteiger charge is -2.32. The van der Waals surface area contributed by atoms with Gasteiger partial charge in [-0.25, -0.2) is 13.4 Å². The third-order valence-electron chi connectivity index (χ3n) is 3.03. The van der Waals surface area contributed by atoms with Crippen molar-refractivity contribution in [1.82, 2.24) is 14.2 Å². The maximum atomic E-state index is 12.2. The van der Waals surface area contributed by atoms with Gasteiger partial charge in [-0.2, -0.15) is 4.31 Å². The zero-order valence-corrected chi connectivity index (χ0v) is 13.0. The van der Waals surface area contributed by atoms with Gasteiger partial charge in [0.25, 0.3) is 5.91 Å². The van der Waals surface area contributed by atoms with E-state index in [1.54, 1.807) is 17.4 Å². The Hall–Kier alpha value is -1.03. The highest BCUT2D eigenvalue weighted by Crippen LogP contribution is 2.14. The van der Waals surface area contributed by atoms with Crippen LogP contribution in [0.3, 0.4) is 0 Å². The summed E-state index contributed by atoms with van der Waals surface area (Å²) in [6.07, 6.45) is 1.18. The van der Waals surface area contributed by atoms with E-state index in [9.17, 15) is 13.2 Å². The van der Waals surface area contributed by atoms with E-state index in [-0.39, 0.29) is 5.91 Å². The predicted octanol–water partition coefficient (Wildman–Crippen LogP) is 0.00690. The zero-order chi connectivity index (χ0) is 14.8. The van der Waals surface area contributed by atoms with E-state index in [1.807, 2.05) is 0 Å². The third kappa shape index (κ3) is 3.54. The summed E-state index contributed by atoms with van der Waals surface area (Å²) in [6, 6.07) is 0. The second kappa shape index (κ2) is 6.17. The van der Waals surface area contributed by atoms with Crippen LogP contribution in [0.1, 0.15) is 15.5 Å². The lowest BCUT2D eigenvalue weighted by atomic mass is 10.3. The van der Waals surface area contributed by atoms with Crippen LogP contribution >= 0.6 is 11.3 Å². The fourth-order valence-electron chi connectivity index (χ4n) is 1.98. The Bertz CT molecular complexity index is 576. The molecule has 7 nitrogen and oxygen atoms in total. The Morgan fingerprint density at radius 2 is 2.05 bits per heavy atom. The maximum absolute atomic E-state index is 12.2. The molecule has 2 heterocycles. The van der Waals surface area contributed by atoms with Gasteiger partial charge in [-0.15, -0.1) is 11.3 Å². The summed E-state index contributed by atoms with van der Waals surface area (Å²) in [5.41, 5.74) is 0.398. The van der Waals surface area contributed by atoms with Crippen molar-refractivity contribution >= 4 is 27.3 Å². The number of rotatable bonds is 4. The number of carbonyl (C=O) groups excluding carboxylic acids is 1. The maximum Gasteiger partial charge on any atom is 0.273 e. The van der Waals surface area contributed by atoms with Crippen molar-refractivity contribution in [2.24, 2.45) is 0 Å². The monoisotopic (exact) mass is 319 g/mol. The van der Waals surface area contributed by atoms with Crippen LogP contribution in [0.2, 0.25) is 0 Å². The summed E-state index contributed by atoms with van der Waals surface area (Å²) < 4.78 is 29.2. The van der Waals surface area contributed by atoms with Gasteiger partial charge in [0.05, 0.1) is 12.9 Å². The quantitative estimate of drug-likeness (QED) is 0.781. The van der Waals surface area contributed by atoms with Gasteiger partial charge in [0, 0.05) is 38.7 Å². The molecule has 1 saturated heterocycles. The summed E-state index contributed by atoms with van der Waals surface area (Å²) >= 11 is 1.38. The summed E-state index contributed by atoms with van der Waals surface area (Å²) in [5, 5.41) is 2.46. The molecule has 1 aromatic rings. The molecule has 0 saturated carbocycles. The van der Waals surface area contributed by atoms with Crippen LogP contribution in [0.25, 0.3) is 0 Å². The van der Waals surface area contributed by atoms with Crippen molar-refractivity contribution in [3.05, 3.63) is 16.1 Å². The fraction of sp³-hybridized carbons (Fsp3) is 0.636. The van der Waals surface area contributed by atoms with Crippen molar-refractivity contribution in [1.29, 1.82) is 0 Å². The number of hydrogen-bond donors (Lipinski definition) is 0. The van der Waals surface area contributed by atoms with E-state index in [0.29, 0.717) is 38.5 Å². The standard InChI is InChI=1S/C11H17N3O4S2/c1-18-7-10-12-9(8-19-10)11(15)13-3-5-14(6-4-13)20(2,16)17/h8H,3-7H2,1-2H3. The van der Waals surface area contributed by atoms with Gasteiger partial charge in [-0.05, 0) is 0 Å². The Kier molecular flexibility index (Phi) is 4.74. The van der Waals surface area contributed by atoms with E-state index in [1.165, 1.54) is 21.9 Å². The summed E-state index contributed by atoms with van der Waals surface area (Å²) in [4.78, 5) is 18.1. The van der Waals surface area contributed by atoms with Crippen LogP contribution in [-0.2, 0) is 21.4 Å². The molecule has 1 aromatic heterocycles. The summed E-state index contributed by atoms with van der Waals surface area (Å²) in [6.45, 7) is 1.84. The fourth-order valence-corrected chi connectivity index (χ4v) is 3.55. The normalized spacial score (nSPS) is 17.4. The number of carbonyl (C=O) groups is 1. The average molecular weight is 319 g/mol. The van der Waals surface area contributed by atoms with Crippen LogP contribution in [0.15, 0.2) is 5.38 Å². The zero-order valence-electron chi connectivity index (χ0n) is 11.4. The Morgan fingerprint density at radius 3 is 2.60 bits per heavy atom. The van der Waals surface area contributed by atoms with Crippen molar-refractivity contribution < 1.29 is 17.9 Å². The largest absolute Gasteiger partial charge is 0.378 e. The smallest absolute Gasteiger partial charge is 0.273 e. The van der Waals surface area contributed by atoms with Gasteiger partial charge in [0.2, 0.25) is 10.0 Å². The molecule has 0 unspecified atom stereocenters. The molecule has 2 rings (SSSR count). The molecule has 1 aliphatic heterocycles. The number of thiazole rings is 1. The molecule has 1 amide bonds. The first kappa shape index (κ1) is 15.4. The van der Waals surface area contributed by atoms with Crippen LogP contribution in [-0.4, -0.2) is 68.1 Å². The topological polar surface area (TPSA) is 79.8 Å². The number of aromatic nitrogens is 1. The van der Waals surface area contributed by atoms with E-state index in [4.69, 9.17) is 4.74 Å².